The highest BCUT2D eigenvalue weighted by atomic mass is 32.1. The van der Waals surface area contributed by atoms with Crippen molar-refractivity contribution in [2.24, 2.45) is 0 Å². The molecule has 0 atom stereocenters. The molecular weight excluding hydrogens is 200 g/mol. The smallest absolute Gasteiger partial charge is 0.268 e. The second kappa shape index (κ2) is 3.59. The topological polar surface area (TPSA) is 70.7 Å². The number of H-pyrrole nitrogens is 1. The zero-order valence-electron chi connectivity index (χ0n) is 7.44. The van der Waals surface area contributed by atoms with E-state index in [4.69, 9.17) is 0 Å². The number of hydrogen-bond donors (Lipinski definition) is 2. The van der Waals surface area contributed by atoms with E-state index in [9.17, 15) is 4.79 Å². The van der Waals surface area contributed by atoms with Gasteiger partial charge in [0.15, 0.2) is 0 Å². The van der Waals surface area contributed by atoms with Crippen LogP contribution in [0.5, 0.6) is 0 Å². The molecule has 0 saturated carbocycles. The normalized spacial score (nSPS) is 10.1. The van der Waals surface area contributed by atoms with Crippen LogP contribution < -0.4 is 5.32 Å². The molecule has 6 heteroatoms. The number of carbonyl (C=O) groups excluding carboxylic acids is 1. The standard InChI is InChI=1S/C8H8N4OS/c1-5-9-8(12-11-5)10-7(13)6-3-2-4-14-6/h2-4H,1H3,(H2,9,10,11,12,13). The number of hydrogen-bond acceptors (Lipinski definition) is 4. The number of anilines is 1. The molecule has 0 aliphatic carbocycles. The number of amides is 1. The van der Waals surface area contributed by atoms with Gasteiger partial charge < -0.3 is 0 Å². The number of aryl methyl sites for hydroxylation is 1. The Bertz CT molecular complexity index is 434. The first kappa shape index (κ1) is 8.89. The van der Waals surface area contributed by atoms with Gasteiger partial charge in [-0.1, -0.05) is 6.07 Å². The Balaban J connectivity index is 2.09. The van der Waals surface area contributed by atoms with Gasteiger partial charge in [-0.2, -0.15) is 4.98 Å². The van der Waals surface area contributed by atoms with Crippen molar-refractivity contribution in [3.05, 3.63) is 28.2 Å². The molecule has 2 rings (SSSR count). The lowest BCUT2D eigenvalue weighted by molar-refractivity contribution is 0.102. The Hall–Kier alpha value is -1.69. The average Bonchev–Trinajstić information content (AvgIpc) is 2.75. The third-order valence-corrected chi connectivity index (χ3v) is 2.44. The van der Waals surface area contributed by atoms with E-state index in [-0.39, 0.29) is 5.91 Å². The van der Waals surface area contributed by atoms with Crippen molar-refractivity contribution < 1.29 is 4.79 Å². The summed E-state index contributed by atoms with van der Waals surface area (Å²) in [5, 5.41) is 10.9. The number of nitrogens with one attached hydrogen (secondary N) is 2. The van der Waals surface area contributed by atoms with Crippen LogP contribution in [0.3, 0.4) is 0 Å². The number of rotatable bonds is 2. The molecular formula is C8H8N4OS. The van der Waals surface area contributed by atoms with Crippen LogP contribution in [-0.4, -0.2) is 21.1 Å². The van der Waals surface area contributed by atoms with E-state index in [1.54, 1.807) is 13.0 Å². The number of aromatic amines is 1. The summed E-state index contributed by atoms with van der Waals surface area (Å²) in [4.78, 5) is 16.1. The van der Waals surface area contributed by atoms with Gasteiger partial charge in [-0.15, -0.1) is 16.4 Å². The van der Waals surface area contributed by atoms with Crippen molar-refractivity contribution >= 4 is 23.2 Å². The molecule has 0 bridgehead atoms. The van der Waals surface area contributed by atoms with Gasteiger partial charge in [-0.25, -0.2) is 0 Å². The van der Waals surface area contributed by atoms with Crippen LogP contribution in [0.15, 0.2) is 17.5 Å². The van der Waals surface area contributed by atoms with Crippen molar-refractivity contribution in [3.8, 4) is 0 Å². The average molecular weight is 208 g/mol. The summed E-state index contributed by atoms with van der Waals surface area (Å²) < 4.78 is 0. The number of carbonyl (C=O) groups is 1. The molecule has 14 heavy (non-hydrogen) atoms. The molecule has 0 saturated heterocycles. The van der Waals surface area contributed by atoms with Gasteiger partial charge in [-0.3, -0.25) is 15.2 Å². The third kappa shape index (κ3) is 1.80. The molecule has 72 valence electrons. The van der Waals surface area contributed by atoms with Gasteiger partial charge in [0, 0.05) is 0 Å². The Labute approximate surface area is 84.2 Å². The summed E-state index contributed by atoms with van der Waals surface area (Å²) in [6, 6.07) is 3.57. The summed E-state index contributed by atoms with van der Waals surface area (Å²) >= 11 is 1.38. The minimum atomic E-state index is -0.181. The molecule has 2 aromatic heterocycles. The Morgan fingerprint density at radius 1 is 1.64 bits per heavy atom. The summed E-state index contributed by atoms with van der Waals surface area (Å²) in [7, 11) is 0. The zero-order chi connectivity index (χ0) is 9.97. The predicted molar refractivity (Wildman–Crippen MR) is 53.4 cm³/mol. The van der Waals surface area contributed by atoms with Crippen LogP contribution in [-0.2, 0) is 0 Å². The Morgan fingerprint density at radius 3 is 3.07 bits per heavy atom. The van der Waals surface area contributed by atoms with Crippen LogP contribution in [0.2, 0.25) is 0 Å². The minimum absolute atomic E-state index is 0.181. The summed E-state index contributed by atoms with van der Waals surface area (Å²) in [6.07, 6.45) is 0. The van der Waals surface area contributed by atoms with E-state index in [1.807, 2.05) is 11.4 Å². The first-order chi connectivity index (χ1) is 6.75. The SMILES string of the molecule is Cc1nc(NC(=O)c2cccs2)n[nH]1. The second-order valence-corrected chi connectivity index (χ2v) is 3.62. The van der Waals surface area contributed by atoms with E-state index in [1.165, 1.54) is 11.3 Å². The first-order valence-corrected chi connectivity index (χ1v) is 4.87. The number of nitrogens with zero attached hydrogens (tertiary/aromatic N) is 2. The molecule has 5 nitrogen and oxygen atoms in total. The predicted octanol–water partition coefficient (Wildman–Crippen LogP) is 1.43. The van der Waals surface area contributed by atoms with Crippen LogP contribution >= 0.6 is 11.3 Å². The fourth-order valence-corrected chi connectivity index (χ4v) is 1.59. The van der Waals surface area contributed by atoms with Crippen LogP contribution in [0, 0.1) is 6.92 Å². The molecule has 0 unspecified atom stereocenters. The third-order valence-electron chi connectivity index (χ3n) is 1.57. The molecule has 2 N–H and O–H groups in total. The minimum Gasteiger partial charge on any atom is -0.288 e. The van der Waals surface area contributed by atoms with Crippen molar-refractivity contribution in [2.45, 2.75) is 6.92 Å². The molecule has 0 radical (unpaired) electrons. The molecule has 0 aliphatic heterocycles. The monoisotopic (exact) mass is 208 g/mol. The highest BCUT2D eigenvalue weighted by Crippen LogP contribution is 2.10. The number of thiophene rings is 1. The fourth-order valence-electron chi connectivity index (χ4n) is 0.970. The van der Waals surface area contributed by atoms with E-state index >= 15 is 0 Å². The molecule has 0 fully saturated rings. The highest BCUT2D eigenvalue weighted by Gasteiger charge is 2.08. The van der Waals surface area contributed by atoms with E-state index in [0.717, 1.165) is 0 Å². The fraction of sp³-hybridized carbons (Fsp3) is 0.125. The molecule has 1 amide bonds. The van der Waals surface area contributed by atoms with Gasteiger partial charge in [0.2, 0.25) is 5.95 Å². The first-order valence-electron chi connectivity index (χ1n) is 3.99. The lowest BCUT2D eigenvalue weighted by Crippen LogP contribution is -2.11. The molecule has 0 aliphatic rings. The van der Waals surface area contributed by atoms with Crippen LogP contribution in [0.25, 0.3) is 0 Å². The van der Waals surface area contributed by atoms with E-state index in [2.05, 4.69) is 20.5 Å². The highest BCUT2D eigenvalue weighted by molar-refractivity contribution is 7.12. The molecule has 0 spiro atoms. The van der Waals surface area contributed by atoms with Gasteiger partial charge in [0.05, 0.1) is 4.88 Å². The van der Waals surface area contributed by atoms with Gasteiger partial charge in [-0.05, 0) is 18.4 Å². The second-order valence-electron chi connectivity index (χ2n) is 2.68. The van der Waals surface area contributed by atoms with Gasteiger partial charge in [0.25, 0.3) is 5.91 Å². The maximum absolute atomic E-state index is 11.5. The van der Waals surface area contributed by atoms with Gasteiger partial charge in [0.1, 0.15) is 5.82 Å². The summed E-state index contributed by atoms with van der Waals surface area (Å²) in [6.45, 7) is 1.77. The van der Waals surface area contributed by atoms with E-state index in [0.29, 0.717) is 16.6 Å². The largest absolute Gasteiger partial charge is 0.288 e. The van der Waals surface area contributed by atoms with Gasteiger partial charge >= 0.3 is 0 Å². The van der Waals surface area contributed by atoms with Crippen LogP contribution in [0.4, 0.5) is 5.95 Å². The van der Waals surface area contributed by atoms with Crippen molar-refractivity contribution in [2.75, 3.05) is 5.32 Å². The Kier molecular flexibility index (Phi) is 2.28. The van der Waals surface area contributed by atoms with Crippen molar-refractivity contribution in [1.82, 2.24) is 15.2 Å². The Morgan fingerprint density at radius 2 is 2.50 bits per heavy atom. The summed E-state index contributed by atoms with van der Waals surface area (Å²) in [5.41, 5.74) is 0. The van der Waals surface area contributed by atoms with Crippen molar-refractivity contribution in [3.63, 3.8) is 0 Å². The number of aromatic nitrogens is 3. The maximum atomic E-state index is 11.5. The summed E-state index contributed by atoms with van der Waals surface area (Å²) in [5.74, 6) is 0.798. The lowest BCUT2D eigenvalue weighted by Gasteiger charge is -1.95. The molecule has 0 aromatic carbocycles. The van der Waals surface area contributed by atoms with Crippen LogP contribution in [0.1, 0.15) is 15.5 Å². The maximum Gasteiger partial charge on any atom is 0.268 e. The zero-order valence-corrected chi connectivity index (χ0v) is 8.26. The lowest BCUT2D eigenvalue weighted by atomic mass is 10.4. The molecule has 2 aromatic rings. The quantitative estimate of drug-likeness (QED) is 0.784. The van der Waals surface area contributed by atoms with E-state index < -0.39 is 0 Å². The van der Waals surface area contributed by atoms with Crippen molar-refractivity contribution in [1.29, 1.82) is 0 Å². The molecule has 2 heterocycles.